The number of hydrogen-bond acceptors (Lipinski definition) is 4. The Bertz CT molecular complexity index is 785. The number of para-hydroxylation sites is 1. The highest BCUT2D eigenvalue weighted by Gasteiger charge is 2.17. The van der Waals surface area contributed by atoms with Gasteiger partial charge in [-0.25, -0.2) is 0 Å². The van der Waals surface area contributed by atoms with Crippen LogP contribution in [0.4, 0.5) is 17.1 Å². The van der Waals surface area contributed by atoms with Gasteiger partial charge in [0.15, 0.2) is 0 Å². The maximum Gasteiger partial charge on any atom is 0.226 e. The lowest BCUT2D eigenvalue weighted by Gasteiger charge is -2.16. The van der Waals surface area contributed by atoms with E-state index < -0.39 is 0 Å². The molecule has 0 unspecified atom stereocenters. The van der Waals surface area contributed by atoms with Gasteiger partial charge in [0.2, 0.25) is 5.91 Å². The highest BCUT2D eigenvalue weighted by molar-refractivity contribution is 6.03. The number of fused-ring (bicyclic) bond motifs is 1. The number of nitrogen functional groups attached to an aromatic ring is 1. The average Bonchev–Trinajstić information content (AvgIpc) is 2.74. The summed E-state index contributed by atoms with van der Waals surface area (Å²) in [5, 5.41) is 17.0. The van der Waals surface area contributed by atoms with Crippen LogP contribution in [-0.2, 0) is 4.79 Å². The van der Waals surface area contributed by atoms with Gasteiger partial charge in [0.25, 0.3) is 0 Å². The topological polar surface area (TPSA) is 103 Å². The van der Waals surface area contributed by atoms with Crippen LogP contribution < -0.4 is 21.7 Å². The van der Waals surface area contributed by atoms with Crippen LogP contribution in [0.5, 0.6) is 0 Å². The van der Waals surface area contributed by atoms with E-state index in [9.17, 15) is 4.79 Å². The molecule has 0 spiro atoms. The molecular formula is C17H19N5O. The predicted octanol–water partition coefficient (Wildman–Crippen LogP) is 2.43. The van der Waals surface area contributed by atoms with Crippen molar-refractivity contribution >= 4 is 28.8 Å². The van der Waals surface area contributed by atoms with Crippen LogP contribution in [0.2, 0.25) is 0 Å². The predicted molar refractivity (Wildman–Crippen MR) is 94.2 cm³/mol. The number of carbonyl (C=O) groups is 1. The smallest absolute Gasteiger partial charge is 0.226 e. The molecule has 6 heteroatoms. The first-order valence-electron chi connectivity index (χ1n) is 7.43. The first-order valence-corrected chi connectivity index (χ1v) is 7.43. The Morgan fingerprint density at radius 1 is 1.30 bits per heavy atom. The third-order valence-electron chi connectivity index (χ3n) is 3.88. The molecule has 1 amide bonds. The molecule has 0 saturated carbocycles. The SMILES string of the molecule is CNc1ccc(-c2cccc3c2NCCC(=O)N3)cc1C(=N)N. The molecule has 0 radical (unpaired) electrons. The van der Waals surface area contributed by atoms with E-state index in [1.165, 1.54) is 0 Å². The summed E-state index contributed by atoms with van der Waals surface area (Å²) in [6, 6.07) is 11.5. The molecule has 0 saturated heterocycles. The fraction of sp³-hybridized carbons (Fsp3) is 0.176. The molecule has 3 rings (SSSR count). The second kappa shape index (κ2) is 6.00. The molecule has 0 atom stereocenters. The van der Waals surface area contributed by atoms with Crippen LogP contribution in [0.3, 0.4) is 0 Å². The van der Waals surface area contributed by atoms with Gasteiger partial charge in [-0.15, -0.1) is 0 Å². The number of hydrogen-bond donors (Lipinski definition) is 5. The lowest BCUT2D eigenvalue weighted by Crippen LogP contribution is -2.13. The highest BCUT2D eigenvalue weighted by Crippen LogP contribution is 2.36. The Kier molecular flexibility index (Phi) is 3.89. The molecule has 1 aliphatic rings. The zero-order valence-electron chi connectivity index (χ0n) is 12.9. The molecule has 6 N–H and O–H groups in total. The molecule has 0 aliphatic carbocycles. The Morgan fingerprint density at radius 2 is 2.13 bits per heavy atom. The van der Waals surface area contributed by atoms with E-state index in [0.717, 1.165) is 28.2 Å². The number of carbonyl (C=O) groups excluding carboxylic acids is 1. The van der Waals surface area contributed by atoms with Crippen LogP contribution in [0.1, 0.15) is 12.0 Å². The number of nitrogens with two attached hydrogens (primary N) is 1. The van der Waals surface area contributed by atoms with E-state index in [2.05, 4.69) is 16.0 Å². The standard InChI is InChI=1S/C17H19N5O/c1-20-13-6-5-10(9-12(13)17(18)19)11-3-2-4-14-16(11)21-8-7-15(23)22-14/h2-6,9,20-21H,7-8H2,1H3,(H3,18,19)(H,22,23). The summed E-state index contributed by atoms with van der Waals surface area (Å²) in [7, 11) is 1.80. The summed E-state index contributed by atoms with van der Waals surface area (Å²) in [6.07, 6.45) is 0.436. The quantitative estimate of drug-likeness (QED) is 0.444. The van der Waals surface area contributed by atoms with E-state index in [1.54, 1.807) is 7.05 Å². The fourth-order valence-electron chi connectivity index (χ4n) is 2.75. The largest absolute Gasteiger partial charge is 0.388 e. The monoisotopic (exact) mass is 309 g/mol. The van der Waals surface area contributed by atoms with Crippen LogP contribution in [0.25, 0.3) is 11.1 Å². The minimum atomic E-state index is 0.00311. The van der Waals surface area contributed by atoms with Crippen molar-refractivity contribution in [3.05, 3.63) is 42.0 Å². The van der Waals surface area contributed by atoms with Crippen molar-refractivity contribution in [3.63, 3.8) is 0 Å². The van der Waals surface area contributed by atoms with Crippen molar-refractivity contribution in [1.29, 1.82) is 5.41 Å². The zero-order chi connectivity index (χ0) is 16.4. The molecule has 23 heavy (non-hydrogen) atoms. The van der Waals surface area contributed by atoms with Gasteiger partial charge in [-0.3, -0.25) is 10.2 Å². The van der Waals surface area contributed by atoms with Crippen molar-refractivity contribution in [1.82, 2.24) is 0 Å². The molecule has 1 aliphatic heterocycles. The van der Waals surface area contributed by atoms with E-state index in [0.29, 0.717) is 18.5 Å². The van der Waals surface area contributed by atoms with Crippen molar-refractivity contribution in [2.24, 2.45) is 5.73 Å². The van der Waals surface area contributed by atoms with Crippen molar-refractivity contribution in [2.75, 3.05) is 29.5 Å². The minimum Gasteiger partial charge on any atom is -0.388 e. The molecule has 2 aromatic carbocycles. The van der Waals surface area contributed by atoms with Gasteiger partial charge in [-0.2, -0.15) is 0 Å². The van der Waals surface area contributed by atoms with E-state index in [1.807, 2.05) is 36.4 Å². The van der Waals surface area contributed by atoms with Gasteiger partial charge in [0.05, 0.1) is 11.4 Å². The fourth-order valence-corrected chi connectivity index (χ4v) is 2.75. The Balaban J connectivity index is 2.13. The second-order valence-electron chi connectivity index (χ2n) is 5.38. The number of amides is 1. The summed E-state index contributed by atoms with van der Waals surface area (Å²) in [6.45, 7) is 0.587. The molecule has 0 fully saturated rings. The van der Waals surface area contributed by atoms with Gasteiger partial charge >= 0.3 is 0 Å². The van der Waals surface area contributed by atoms with Crippen molar-refractivity contribution < 1.29 is 4.79 Å². The molecule has 0 bridgehead atoms. The summed E-state index contributed by atoms with van der Waals surface area (Å²) in [5.41, 5.74) is 10.7. The minimum absolute atomic E-state index is 0.00311. The normalized spacial score (nSPS) is 13.3. The zero-order valence-corrected chi connectivity index (χ0v) is 12.9. The maximum atomic E-state index is 11.7. The van der Waals surface area contributed by atoms with E-state index >= 15 is 0 Å². The third-order valence-corrected chi connectivity index (χ3v) is 3.88. The van der Waals surface area contributed by atoms with Crippen LogP contribution in [0.15, 0.2) is 36.4 Å². The molecule has 118 valence electrons. The Hall–Kier alpha value is -3.02. The summed E-state index contributed by atoms with van der Waals surface area (Å²) >= 11 is 0. The maximum absolute atomic E-state index is 11.7. The molecule has 6 nitrogen and oxygen atoms in total. The lowest BCUT2D eigenvalue weighted by atomic mass is 9.99. The lowest BCUT2D eigenvalue weighted by molar-refractivity contribution is -0.115. The van der Waals surface area contributed by atoms with Gasteiger partial charge in [0, 0.05) is 36.8 Å². The number of rotatable bonds is 3. The average molecular weight is 309 g/mol. The Morgan fingerprint density at radius 3 is 2.87 bits per heavy atom. The summed E-state index contributed by atoms with van der Waals surface area (Å²) in [5.74, 6) is 0.0165. The third kappa shape index (κ3) is 2.83. The van der Waals surface area contributed by atoms with Gasteiger partial charge < -0.3 is 21.7 Å². The van der Waals surface area contributed by atoms with Crippen LogP contribution >= 0.6 is 0 Å². The van der Waals surface area contributed by atoms with Gasteiger partial charge in [-0.05, 0) is 23.8 Å². The van der Waals surface area contributed by atoms with Crippen molar-refractivity contribution in [2.45, 2.75) is 6.42 Å². The molecule has 2 aromatic rings. The Labute approximate surface area is 134 Å². The van der Waals surface area contributed by atoms with Gasteiger partial charge in [-0.1, -0.05) is 18.2 Å². The van der Waals surface area contributed by atoms with Crippen LogP contribution in [0, 0.1) is 5.41 Å². The second-order valence-corrected chi connectivity index (χ2v) is 5.38. The van der Waals surface area contributed by atoms with E-state index in [-0.39, 0.29) is 11.7 Å². The summed E-state index contributed by atoms with van der Waals surface area (Å²) in [4.78, 5) is 11.7. The first kappa shape index (κ1) is 14.9. The number of anilines is 3. The molecular weight excluding hydrogens is 290 g/mol. The first-order chi connectivity index (χ1) is 11.1. The van der Waals surface area contributed by atoms with Gasteiger partial charge in [0.1, 0.15) is 5.84 Å². The van der Waals surface area contributed by atoms with E-state index in [4.69, 9.17) is 11.1 Å². The number of benzene rings is 2. The number of amidine groups is 1. The van der Waals surface area contributed by atoms with Crippen molar-refractivity contribution in [3.8, 4) is 11.1 Å². The highest BCUT2D eigenvalue weighted by atomic mass is 16.1. The number of nitrogens with one attached hydrogen (secondary N) is 4. The molecule has 0 aromatic heterocycles. The summed E-state index contributed by atoms with van der Waals surface area (Å²) < 4.78 is 0. The van der Waals surface area contributed by atoms with Crippen LogP contribution in [-0.4, -0.2) is 25.3 Å². The molecule has 1 heterocycles.